The Kier molecular flexibility index (Phi) is 5.81. The molecule has 0 spiro atoms. The normalized spacial score (nSPS) is 17.0. The summed E-state index contributed by atoms with van der Waals surface area (Å²) in [4.78, 5) is 0. The van der Waals surface area contributed by atoms with Crippen LogP contribution < -0.4 is 0 Å². The largest absolute Gasteiger partial charge is 0.394 e. The molecule has 0 fully saturated rings. The standard InChI is InChI=1S/C8H19O4P/c1-7(8(2,3)4)12-13(10)11-6-5-9/h7,9,13H,5-6H2,1-4H3. The van der Waals surface area contributed by atoms with Crippen LogP contribution in [0.3, 0.4) is 0 Å². The van der Waals surface area contributed by atoms with Crippen LogP contribution in [0.15, 0.2) is 0 Å². The van der Waals surface area contributed by atoms with E-state index in [-0.39, 0.29) is 24.7 Å². The molecule has 1 N–H and O–H groups in total. The Hall–Kier alpha value is 0.110. The first-order chi connectivity index (χ1) is 5.88. The van der Waals surface area contributed by atoms with Gasteiger partial charge in [0, 0.05) is 0 Å². The fourth-order valence-electron chi connectivity index (χ4n) is 0.484. The lowest BCUT2D eigenvalue weighted by atomic mass is 9.91. The van der Waals surface area contributed by atoms with E-state index in [4.69, 9.17) is 14.2 Å². The van der Waals surface area contributed by atoms with Gasteiger partial charge < -0.3 is 14.2 Å². The minimum atomic E-state index is -2.44. The van der Waals surface area contributed by atoms with Crippen LogP contribution in [-0.2, 0) is 13.6 Å². The molecule has 5 heteroatoms. The predicted octanol–water partition coefficient (Wildman–Crippen LogP) is 1.84. The number of aliphatic hydroxyl groups is 1. The van der Waals surface area contributed by atoms with Crippen molar-refractivity contribution in [2.24, 2.45) is 5.41 Å². The van der Waals surface area contributed by atoms with Crippen molar-refractivity contribution in [1.29, 1.82) is 0 Å². The van der Waals surface area contributed by atoms with E-state index < -0.39 is 8.25 Å². The van der Waals surface area contributed by atoms with Crippen molar-refractivity contribution in [2.45, 2.75) is 33.8 Å². The third-order valence-electron chi connectivity index (χ3n) is 1.80. The van der Waals surface area contributed by atoms with Crippen LogP contribution in [0.25, 0.3) is 0 Å². The highest BCUT2D eigenvalue weighted by Crippen LogP contribution is 2.32. The van der Waals surface area contributed by atoms with Gasteiger partial charge in [-0.25, -0.2) is 0 Å². The summed E-state index contributed by atoms with van der Waals surface area (Å²) in [5.74, 6) is 0. The minimum Gasteiger partial charge on any atom is -0.394 e. The molecule has 0 aromatic carbocycles. The molecule has 2 atom stereocenters. The molecule has 0 bridgehead atoms. The van der Waals surface area contributed by atoms with E-state index in [1.54, 1.807) is 0 Å². The second kappa shape index (κ2) is 5.76. The highest BCUT2D eigenvalue weighted by atomic mass is 31.1. The molecular weight excluding hydrogens is 191 g/mol. The van der Waals surface area contributed by atoms with Gasteiger partial charge in [0.15, 0.2) is 0 Å². The Morgan fingerprint density at radius 2 is 2.00 bits per heavy atom. The molecule has 13 heavy (non-hydrogen) atoms. The quantitative estimate of drug-likeness (QED) is 0.703. The Balaban J connectivity index is 3.79. The first kappa shape index (κ1) is 13.1. The third-order valence-corrected chi connectivity index (χ3v) is 2.79. The molecule has 0 aliphatic heterocycles. The number of aliphatic hydroxyl groups excluding tert-OH is 1. The monoisotopic (exact) mass is 210 g/mol. The van der Waals surface area contributed by atoms with Crippen molar-refractivity contribution in [1.82, 2.24) is 0 Å². The molecule has 0 saturated carbocycles. The van der Waals surface area contributed by atoms with Crippen molar-refractivity contribution in [3.8, 4) is 0 Å². The lowest BCUT2D eigenvalue weighted by Gasteiger charge is -2.26. The average molecular weight is 210 g/mol. The summed E-state index contributed by atoms with van der Waals surface area (Å²) in [7, 11) is -2.44. The zero-order chi connectivity index (χ0) is 10.5. The van der Waals surface area contributed by atoms with Gasteiger partial charge in [0.1, 0.15) is 0 Å². The zero-order valence-electron chi connectivity index (χ0n) is 8.66. The minimum absolute atomic E-state index is 0.0527. The van der Waals surface area contributed by atoms with E-state index in [9.17, 15) is 4.57 Å². The summed E-state index contributed by atoms with van der Waals surface area (Å²) in [6.07, 6.45) is -0.127. The molecule has 0 radical (unpaired) electrons. The first-order valence-electron chi connectivity index (χ1n) is 4.32. The second-order valence-corrected chi connectivity index (χ2v) is 4.97. The Labute approximate surface area is 80.2 Å². The predicted molar refractivity (Wildman–Crippen MR) is 52.0 cm³/mol. The molecule has 0 aromatic rings. The molecule has 80 valence electrons. The fourth-order valence-corrected chi connectivity index (χ4v) is 1.45. The van der Waals surface area contributed by atoms with Crippen LogP contribution in [0.4, 0.5) is 0 Å². The molecule has 0 aromatic heterocycles. The molecule has 0 saturated heterocycles. The van der Waals surface area contributed by atoms with Gasteiger partial charge in [0.2, 0.25) is 0 Å². The van der Waals surface area contributed by atoms with Crippen LogP contribution in [-0.4, -0.2) is 24.4 Å². The van der Waals surface area contributed by atoms with Crippen molar-refractivity contribution >= 4 is 8.25 Å². The zero-order valence-corrected chi connectivity index (χ0v) is 9.66. The van der Waals surface area contributed by atoms with Gasteiger partial charge in [-0.15, -0.1) is 0 Å². The molecule has 0 aliphatic rings. The van der Waals surface area contributed by atoms with Gasteiger partial charge in [-0.3, -0.25) is 4.57 Å². The van der Waals surface area contributed by atoms with Gasteiger partial charge in [-0.2, -0.15) is 0 Å². The lowest BCUT2D eigenvalue weighted by Crippen LogP contribution is -2.23. The van der Waals surface area contributed by atoms with E-state index in [1.807, 2.05) is 27.7 Å². The van der Waals surface area contributed by atoms with Crippen LogP contribution in [0, 0.1) is 5.41 Å². The molecule has 0 amide bonds. The van der Waals surface area contributed by atoms with Crippen molar-refractivity contribution in [2.75, 3.05) is 13.2 Å². The fraction of sp³-hybridized carbons (Fsp3) is 1.00. The van der Waals surface area contributed by atoms with Gasteiger partial charge in [-0.05, 0) is 12.3 Å². The summed E-state index contributed by atoms with van der Waals surface area (Å²) in [5.41, 5.74) is -0.0527. The van der Waals surface area contributed by atoms with Gasteiger partial charge in [0.25, 0.3) is 0 Å². The van der Waals surface area contributed by atoms with E-state index in [2.05, 4.69) is 0 Å². The Bertz CT molecular complexity index is 164. The Morgan fingerprint density at radius 1 is 1.46 bits per heavy atom. The topological polar surface area (TPSA) is 55.8 Å². The summed E-state index contributed by atoms with van der Waals surface area (Å²) >= 11 is 0. The summed E-state index contributed by atoms with van der Waals surface area (Å²) in [5, 5.41) is 8.41. The van der Waals surface area contributed by atoms with Crippen LogP contribution in [0.2, 0.25) is 0 Å². The van der Waals surface area contributed by atoms with Crippen molar-refractivity contribution in [3.05, 3.63) is 0 Å². The van der Waals surface area contributed by atoms with Crippen LogP contribution >= 0.6 is 8.25 Å². The molecule has 2 unspecified atom stereocenters. The number of hydrogen-bond acceptors (Lipinski definition) is 4. The van der Waals surface area contributed by atoms with Crippen molar-refractivity contribution < 1.29 is 18.7 Å². The van der Waals surface area contributed by atoms with Crippen molar-refractivity contribution in [3.63, 3.8) is 0 Å². The molecular formula is C8H19O4P. The van der Waals surface area contributed by atoms with E-state index in [1.165, 1.54) is 0 Å². The van der Waals surface area contributed by atoms with Crippen LogP contribution in [0.5, 0.6) is 0 Å². The first-order valence-corrected chi connectivity index (χ1v) is 5.54. The SMILES string of the molecule is CC(O[PH](=O)OCCO)C(C)(C)C. The Morgan fingerprint density at radius 3 is 2.38 bits per heavy atom. The average Bonchev–Trinajstić information content (AvgIpc) is 1.99. The van der Waals surface area contributed by atoms with Gasteiger partial charge in [-0.1, -0.05) is 20.8 Å². The third kappa shape index (κ3) is 6.22. The smallest absolute Gasteiger partial charge is 0.319 e. The summed E-state index contributed by atoms with van der Waals surface area (Å²) in [6.45, 7) is 7.78. The van der Waals surface area contributed by atoms with Gasteiger partial charge in [0.05, 0.1) is 19.3 Å². The van der Waals surface area contributed by atoms with Gasteiger partial charge >= 0.3 is 8.25 Å². The van der Waals surface area contributed by atoms with E-state index >= 15 is 0 Å². The number of hydrogen-bond donors (Lipinski definition) is 1. The molecule has 0 rings (SSSR count). The number of rotatable bonds is 5. The van der Waals surface area contributed by atoms with E-state index in [0.29, 0.717) is 0 Å². The highest BCUT2D eigenvalue weighted by Gasteiger charge is 2.22. The molecule has 0 heterocycles. The lowest BCUT2D eigenvalue weighted by molar-refractivity contribution is 0.0831. The summed E-state index contributed by atoms with van der Waals surface area (Å²) in [6, 6.07) is 0. The van der Waals surface area contributed by atoms with E-state index in [0.717, 1.165) is 0 Å². The van der Waals surface area contributed by atoms with Crippen LogP contribution in [0.1, 0.15) is 27.7 Å². The maximum absolute atomic E-state index is 11.1. The highest BCUT2D eigenvalue weighted by molar-refractivity contribution is 7.33. The maximum Gasteiger partial charge on any atom is 0.319 e. The second-order valence-electron chi connectivity index (χ2n) is 3.95. The summed E-state index contributed by atoms with van der Waals surface area (Å²) < 4.78 is 20.9. The molecule has 0 aliphatic carbocycles. The molecule has 4 nitrogen and oxygen atoms in total. The maximum atomic E-state index is 11.1.